The summed E-state index contributed by atoms with van der Waals surface area (Å²) in [7, 11) is 0. The molecule has 2 aromatic rings. The van der Waals surface area contributed by atoms with Gasteiger partial charge < -0.3 is 0 Å². The monoisotopic (exact) mass is 315 g/mol. The molecule has 0 fully saturated rings. The highest BCUT2D eigenvalue weighted by Gasteiger charge is 2.19. The van der Waals surface area contributed by atoms with E-state index in [-0.39, 0.29) is 11.0 Å². The number of benzene rings is 1. The van der Waals surface area contributed by atoms with Gasteiger partial charge in [-0.1, -0.05) is 48.5 Å². The van der Waals surface area contributed by atoms with Gasteiger partial charge in [0.2, 0.25) is 0 Å². The summed E-state index contributed by atoms with van der Waals surface area (Å²) in [5.41, 5.74) is 2.20. The third kappa shape index (κ3) is 3.65. The molecule has 0 bridgehead atoms. The van der Waals surface area contributed by atoms with Crippen molar-refractivity contribution >= 4 is 17.5 Å². The minimum atomic E-state index is -0.122. The molecule has 22 heavy (non-hydrogen) atoms. The maximum Gasteiger partial charge on any atom is 0.192 e. The van der Waals surface area contributed by atoms with E-state index in [2.05, 4.69) is 35.8 Å². The smallest absolute Gasteiger partial charge is 0.192 e. The van der Waals surface area contributed by atoms with E-state index >= 15 is 0 Å². The number of hydrogen-bond acceptors (Lipinski definition) is 4. The molecule has 1 unspecified atom stereocenters. The topological polar surface area (TPSA) is 47.8 Å². The number of carbonyl (C=O) groups is 1. The molecule has 1 aromatic carbocycles. The van der Waals surface area contributed by atoms with Crippen molar-refractivity contribution in [2.24, 2.45) is 0 Å². The van der Waals surface area contributed by atoms with Gasteiger partial charge >= 0.3 is 0 Å². The molecule has 2 rings (SSSR count). The number of thioether (sulfide) groups is 1. The van der Waals surface area contributed by atoms with Crippen LogP contribution in [0.4, 0.5) is 0 Å². The number of carbonyl (C=O) groups excluding carboxylic acids is 1. The molecule has 5 heteroatoms. The Bertz CT molecular complexity index is 678. The molecule has 4 nitrogen and oxygen atoms in total. The summed E-state index contributed by atoms with van der Waals surface area (Å²) < 4.78 is 2.01. The van der Waals surface area contributed by atoms with Crippen molar-refractivity contribution in [1.82, 2.24) is 14.8 Å². The predicted molar refractivity (Wildman–Crippen MR) is 91.0 cm³/mol. The largest absolute Gasteiger partial charge is 0.298 e. The zero-order valence-electron chi connectivity index (χ0n) is 13.2. The Balaban J connectivity index is 2.37. The van der Waals surface area contributed by atoms with E-state index in [0.29, 0.717) is 13.0 Å². The van der Waals surface area contributed by atoms with Crippen LogP contribution in [-0.4, -0.2) is 25.8 Å². The minimum Gasteiger partial charge on any atom is -0.298 e. The van der Waals surface area contributed by atoms with E-state index < -0.39 is 0 Å². The van der Waals surface area contributed by atoms with E-state index in [9.17, 15) is 4.79 Å². The fraction of sp³-hybridized carbons (Fsp3) is 0.353. The Morgan fingerprint density at radius 1 is 1.45 bits per heavy atom. The molecule has 0 spiro atoms. The first-order chi connectivity index (χ1) is 10.6. The molecule has 0 aliphatic carbocycles. The Labute approximate surface area is 135 Å². The standard InChI is InChI=1S/C17H21N3OS/c1-5-10-20-16(14-9-7-8-12(3)11-14)18-19-17(20)22-13(4)15(21)6-2/h5,7-9,11,13H,1,6,10H2,2-4H3. The maximum absolute atomic E-state index is 11.8. The lowest BCUT2D eigenvalue weighted by Crippen LogP contribution is -2.13. The Hall–Kier alpha value is -1.88. The van der Waals surface area contributed by atoms with Crippen LogP contribution in [0.1, 0.15) is 25.8 Å². The van der Waals surface area contributed by atoms with Gasteiger partial charge in [0.05, 0.1) is 5.25 Å². The van der Waals surface area contributed by atoms with Gasteiger partial charge in [0.15, 0.2) is 11.0 Å². The quantitative estimate of drug-likeness (QED) is 0.574. The summed E-state index contributed by atoms with van der Waals surface area (Å²) in [6.07, 6.45) is 2.35. The molecule has 1 heterocycles. The highest BCUT2D eigenvalue weighted by molar-refractivity contribution is 8.00. The van der Waals surface area contributed by atoms with E-state index in [1.54, 1.807) is 0 Å². The van der Waals surface area contributed by atoms with Gasteiger partial charge in [-0.05, 0) is 19.9 Å². The van der Waals surface area contributed by atoms with Gasteiger partial charge in [0.1, 0.15) is 5.78 Å². The molecule has 0 aliphatic heterocycles. The van der Waals surface area contributed by atoms with Crippen LogP contribution in [0.2, 0.25) is 0 Å². The fourth-order valence-electron chi connectivity index (χ4n) is 2.18. The highest BCUT2D eigenvalue weighted by atomic mass is 32.2. The summed E-state index contributed by atoms with van der Waals surface area (Å²) in [5.74, 6) is 1.03. The van der Waals surface area contributed by atoms with Crippen LogP contribution in [0, 0.1) is 6.92 Å². The molecule has 1 atom stereocenters. The zero-order chi connectivity index (χ0) is 16.1. The second-order valence-electron chi connectivity index (χ2n) is 5.15. The van der Waals surface area contributed by atoms with E-state index in [1.165, 1.54) is 17.3 Å². The summed E-state index contributed by atoms with van der Waals surface area (Å²) >= 11 is 1.45. The van der Waals surface area contributed by atoms with Crippen LogP contribution in [0.5, 0.6) is 0 Å². The van der Waals surface area contributed by atoms with E-state index in [0.717, 1.165) is 16.5 Å². The van der Waals surface area contributed by atoms with Crippen LogP contribution < -0.4 is 0 Å². The molecule has 0 saturated carbocycles. The van der Waals surface area contributed by atoms with Gasteiger partial charge in [0.25, 0.3) is 0 Å². The molecule has 0 aliphatic rings. The summed E-state index contributed by atoms with van der Waals surface area (Å²) in [4.78, 5) is 11.8. The van der Waals surface area contributed by atoms with Crippen molar-refractivity contribution in [1.29, 1.82) is 0 Å². The third-order valence-electron chi connectivity index (χ3n) is 3.39. The van der Waals surface area contributed by atoms with Crippen LogP contribution in [0.3, 0.4) is 0 Å². The van der Waals surface area contributed by atoms with Gasteiger partial charge in [-0.2, -0.15) is 0 Å². The second kappa shape index (κ2) is 7.40. The van der Waals surface area contributed by atoms with Crippen molar-refractivity contribution in [3.8, 4) is 11.4 Å². The minimum absolute atomic E-state index is 0.122. The van der Waals surface area contributed by atoms with Crippen molar-refractivity contribution in [3.05, 3.63) is 42.5 Å². The van der Waals surface area contributed by atoms with Crippen molar-refractivity contribution in [2.75, 3.05) is 0 Å². The number of rotatable bonds is 7. The summed E-state index contributed by atoms with van der Waals surface area (Å²) in [6.45, 7) is 10.3. The van der Waals surface area contributed by atoms with Crippen molar-refractivity contribution < 1.29 is 4.79 Å². The number of nitrogens with zero attached hydrogens (tertiary/aromatic N) is 3. The highest BCUT2D eigenvalue weighted by Crippen LogP contribution is 2.27. The molecule has 0 amide bonds. The predicted octanol–water partition coefficient (Wildman–Crippen LogP) is 3.90. The first-order valence-electron chi connectivity index (χ1n) is 7.37. The molecule has 0 saturated heterocycles. The SMILES string of the molecule is C=CCn1c(SC(C)C(=O)CC)nnc1-c1cccc(C)c1. The Morgan fingerprint density at radius 3 is 2.86 bits per heavy atom. The van der Waals surface area contributed by atoms with Gasteiger partial charge in [-0.3, -0.25) is 9.36 Å². The Morgan fingerprint density at radius 2 is 2.23 bits per heavy atom. The van der Waals surface area contributed by atoms with E-state index in [1.807, 2.05) is 36.6 Å². The third-order valence-corrected chi connectivity index (χ3v) is 4.52. The molecule has 0 radical (unpaired) electrons. The van der Waals surface area contributed by atoms with Crippen molar-refractivity contribution in [3.63, 3.8) is 0 Å². The number of hydrogen-bond donors (Lipinski definition) is 0. The Kier molecular flexibility index (Phi) is 5.55. The van der Waals surface area contributed by atoms with Crippen LogP contribution in [-0.2, 0) is 11.3 Å². The van der Waals surface area contributed by atoms with Gasteiger partial charge in [-0.25, -0.2) is 0 Å². The first-order valence-corrected chi connectivity index (χ1v) is 8.25. The zero-order valence-corrected chi connectivity index (χ0v) is 14.1. The average molecular weight is 315 g/mol. The van der Waals surface area contributed by atoms with Crippen molar-refractivity contribution in [2.45, 2.75) is 44.1 Å². The lowest BCUT2D eigenvalue weighted by atomic mass is 10.1. The molecule has 116 valence electrons. The fourth-order valence-corrected chi connectivity index (χ4v) is 3.17. The molecule has 1 aromatic heterocycles. The number of ketones is 1. The summed E-state index contributed by atoms with van der Waals surface area (Å²) in [5, 5.41) is 9.22. The lowest BCUT2D eigenvalue weighted by molar-refractivity contribution is -0.118. The first kappa shape index (κ1) is 16.5. The van der Waals surface area contributed by atoms with Crippen LogP contribution in [0.25, 0.3) is 11.4 Å². The maximum atomic E-state index is 11.8. The van der Waals surface area contributed by atoms with Crippen LogP contribution >= 0.6 is 11.8 Å². The number of Topliss-reactive ketones (excluding diaryl/α,β-unsaturated/α-hetero) is 1. The number of aryl methyl sites for hydroxylation is 1. The van der Waals surface area contributed by atoms with Gasteiger partial charge in [-0.15, -0.1) is 16.8 Å². The number of allylic oxidation sites excluding steroid dienone is 1. The second-order valence-corrected chi connectivity index (χ2v) is 6.46. The number of aromatic nitrogens is 3. The normalized spacial score (nSPS) is 12.1. The van der Waals surface area contributed by atoms with E-state index in [4.69, 9.17) is 0 Å². The van der Waals surface area contributed by atoms with Gasteiger partial charge in [0, 0.05) is 18.5 Å². The van der Waals surface area contributed by atoms with Crippen LogP contribution in [0.15, 0.2) is 42.1 Å². The molecule has 0 N–H and O–H groups in total. The molecular formula is C17H21N3OS. The summed E-state index contributed by atoms with van der Waals surface area (Å²) in [6, 6.07) is 8.16. The lowest BCUT2D eigenvalue weighted by Gasteiger charge is -2.11. The average Bonchev–Trinajstić information content (AvgIpc) is 2.89. The molecular weight excluding hydrogens is 294 g/mol.